The van der Waals surface area contributed by atoms with Gasteiger partial charge in [0.25, 0.3) is 0 Å². The lowest BCUT2D eigenvalue weighted by Gasteiger charge is -2.26. The number of phenols is 2. The maximum absolute atomic E-state index is 9.72. The molecule has 1 aliphatic heterocycles. The fourth-order valence-corrected chi connectivity index (χ4v) is 3.62. The molecule has 0 aliphatic carbocycles. The summed E-state index contributed by atoms with van der Waals surface area (Å²) < 4.78 is 0. The average Bonchev–Trinajstić information content (AvgIpc) is 2.88. The molecule has 0 spiro atoms. The normalized spacial score (nSPS) is 18.3. The van der Waals surface area contributed by atoms with E-state index in [1.54, 1.807) is 23.5 Å². The van der Waals surface area contributed by atoms with Crippen molar-refractivity contribution in [2.75, 3.05) is 6.54 Å². The molecule has 0 amide bonds. The summed E-state index contributed by atoms with van der Waals surface area (Å²) in [5.41, 5.74) is 2.19. The third-order valence-corrected chi connectivity index (χ3v) is 4.90. The molecule has 0 saturated carbocycles. The van der Waals surface area contributed by atoms with Crippen molar-refractivity contribution in [2.45, 2.75) is 25.8 Å². The third kappa shape index (κ3) is 2.22. The molecule has 0 fully saturated rings. The Bertz CT molecular complexity index is 606. The molecular weight excluding hydrogens is 258 g/mol. The number of rotatable bonds is 2. The van der Waals surface area contributed by atoms with E-state index < -0.39 is 0 Å². The number of nitrogens with one attached hydrogen (secondary N) is 1. The van der Waals surface area contributed by atoms with Crippen LogP contribution in [0.5, 0.6) is 11.5 Å². The molecule has 0 saturated heterocycles. The molecule has 3 rings (SSSR count). The lowest BCUT2D eigenvalue weighted by Crippen LogP contribution is -2.29. The minimum absolute atomic E-state index is 0.0279. The summed E-state index contributed by atoms with van der Waals surface area (Å²) >= 11 is 1.81. The molecule has 100 valence electrons. The van der Waals surface area contributed by atoms with Gasteiger partial charge in [0.2, 0.25) is 0 Å². The van der Waals surface area contributed by atoms with Crippen molar-refractivity contribution in [3.63, 3.8) is 0 Å². The van der Waals surface area contributed by atoms with Gasteiger partial charge in [-0.1, -0.05) is 6.92 Å². The van der Waals surface area contributed by atoms with Gasteiger partial charge in [-0.2, -0.15) is 0 Å². The second-order valence-corrected chi connectivity index (χ2v) is 6.03. The van der Waals surface area contributed by atoms with Crippen molar-refractivity contribution in [2.24, 2.45) is 0 Å². The topological polar surface area (TPSA) is 52.5 Å². The summed E-state index contributed by atoms with van der Waals surface area (Å²) in [5, 5.41) is 22.8. The Morgan fingerprint density at radius 2 is 2.05 bits per heavy atom. The predicted molar refractivity (Wildman–Crippen MR) is 77.0 cm³/mol. The number of aromatic hydroxyl groups is 2. The summed E-state index contributed by atoms with van der Waals surface area (Å²) in [6.07, 6.45) is 1.93. The number of phenolic OH excluding ortho intramolecular Hbond substituents is 2. The predicted octanol–water partition coefficient (Wildman–Crippen LogP) is 2.96. The zero-order chi connectivity index (χ0) is 13.4. The molecule has 1 unspecified atom stereocenters. The lowest BCUT2D eigenvalue weighted by molar-refractivity contribution is 0.400. The SMILES string of the molecule is CCc1ccc(C2NCCc3cc(O)c(O)cc32)s1. The van der Waals surface area contributed by atoms with Gasteiger partial charge in [-0.05, 0) is 48.2 Å². The maximum atomic E-state index is 9.72. The summed E-state index contributed by atoms with van der Waals surface area (Å²) in [6.45, 7) is 3.04. The zero-order valence-electron chi connectivity index (χ0n) is 10.8. The number of hydrogen-bond acceptors (Lipinski definition) is 4. The highest BCUT2D eigenvalue weighted by atomic mass is 32.1. The molecule has 1 atom stereocenters. The second-order valence-electron chi connectivity index (χ2n) is 4.83. The Hall–Kier alpha value is -1.52. The molecule has 1 aromatic heterocycles. The Morgan fingerprint density at radius 3 is 2.79 bits per heavy atom. The van der Waals surface area contributed by atoms with Gasteiger partial charge in [-0.25, -0.2) is 0 Å². The molecule has 19 heavy (non-hydrogen) atoms. The van der Waals surface area contributed by atoms with E-state index >= 15 is 0 Å². The minimum atomic E-state index is -0.0419. The van der Waals surface area contributed by atoms with Crippen LogP contribution in [0.15, 0.2) is 24.3 Å². The number of hydrogen-bond donors (Lipinski definition) is 3. The maximum Gasteiger partial charge on any atom is 0.157 e. The van der Waals surface area contributed by atoms with E-state index in [0.717, 1.165) is 30.5 Å². The zero-order valence-corrected chi connectivity index (χ0v) is 11.6. The van der Waals surface area contributed by atoms with Crippen LogP contribution in [-0.2, 0) is 12.8 Å². The van der Waals surface area contributed by atoms with Gasteiger partial charge in [-0.3, -0.25) is 0 Å². The van der Waals surface area contributed by atoms with Gasteiger partial charge in [0.1, 0.15) is 0 Å². The number of aryl methyl sites for hydroxylation is 1. The van der Waals surface area contributed by atoms with Gasteiger partial charge in [0, 0.05) is 16.3 Å². The quantitative estimate of drug-likeness (QED) is 0.739. The molecule has 0 bridgehead atoms. The summed E-state index contributed by atoms with van der Waals surface area (Å²) in [5.74, 6) is -0.0699. The Balaban J connectivity index is 2.04. The highest BCUT2D eigenvalue weighted by molar-refractivity contribution is 7.12. The first kappa shape index (κ1) is 12.5. The summed E-state index contributed by atoms with van der Waals surface area (Å²) in [7, 11) is 0. The molecule has 2 heterocycles. The van der Waals surface area contributed by atoms with Gasteiger partial charge >= 0.3 is 0 Å². The van der Waals surface area contributed by atoms with Crippen LogP contribution in [0.4, 0.5) is 0 Å². The van der Waals surface area contributed by atoms with Crippen molar-refractivity contribution >= 4 is 11.3 Å². The van der Waals surface area contributed by atoms with Crippen molar-refractivity contribution < 1.29 is 10.2 Å². The minimum Gasteiger partial charge on any atom is -0.504 e. The average molecular weight is 275 g/mol. The van der Waals surface area contributed by atoms with E-state index in [9.17, 15) is 10.2 Å². The first-order chi connectivity index (χ1) is 9.19. The van der Waals surface area contributed by atoms with Gasteiger partial charge < -0.3 is 15.5 Å². The highest BCUT2D eigenvalue weighted by Gasteiger charge is 2.24. The molecule has 1 aromatic carbocycles. The molecule has 3 nitrogen and oxygen atoms in total. The fourth-order valence-electron chi connectivity index (χ4n) is 2.58. The number of thiophene rings is 1. The van der Waals surface area contributed by atoms with E-state index in [4.69, 9.17) is 0 Å². The van der Waals surface area contributed by atoms with Crippen molar-refractivity contribution in [1.82, 2.24) is 5.32 Å². The molecule has 4 heteroatoms. The van der Waals surface area contributed by atoms with Crippen molar-refractivity contribution in [3.05, 3.63) is 45.1 Å². The van der Waals surface area contributed by atoms with Crippen LogP contribution in [0.3, 0.4) is 0 Å². The van der Waals surface area contributed by atoms with Gasteiger partial charge in [0.05, 0.1) is 6.04 Å². The Kier molecular flexibility index (Phi) is 3.21. The van der Waals surface area contributed by atoms with Gasteiger partial charge in [-0.15, -0.1) is 11.3 Å². The van der Waals surface area contributed by atoms with Crippen LogP contribution in [0, 0.1) is 0 Å². The van der Waals surface area contributed by atoms with Crippen LogP contribution in [0.25, 0.3) is 0 Å². The second kappa shape index (κ2) is 4.87. The van der Waals surface area contributed by atoms with Crippen LogP contribution in [-0.4, -0.2) is 16.8 Å². The monoisotopic (exact) mass is 275 g/mol. The van der Waals surface area contributed by atoms with Crippen LogP contribution < -0.4 is 5.32 Å². The number of fused-ring (bicyclic) bond motifs is 1. The number of benzene rings is 1. The standard InChI is InChI=1S/C15H17NO2S/c1-2-10-3-4-14(19-10)15-11-8-13(18)12(17)7-9(11)5-6-16-15/h3-4,7-8,15-18H,2,5-6H2,1H3. The lowest BCUT2D eigenvalue weighted by atomic mass is 9.93. The first-order valence-corrected chi connectivity index (χ1v) is 7.37. The largest absolute Gasteiger partial charge is 0.504 e. The van der Waals surface area contributed by atoms with Crippen LogP contribution in [0.2, 0.25) is 0 Å². The first-order valence-electron chi connectivity index (χ1n) is 6.55. The van der Waals surface area contributed by atoms with Crippen LogP contribution in [0.1, 0.15) is 33.8 Å². The smallest absolute Gasteiger partial charge is 0.157 e. The van der Waals surface area contributed by atoms with Crippen molar-refractivity contribution in [3.8, 4) is 11.5 Å². The Morgan fingerprint density at radius 1 is 1.26 bits per heavy atom. The van der Waals surface area contributed by atoms with E-state index in [1.807, 2.05) is 0 Å². The van der Waals surface area contributed by atoms with Crippen LogP contribution >= 0.6 is 11.3 Å². The van der Waals surface area contributed by atoms with E-state index in [-0.39, 0.29) is 17.5 Å². The summed E-state index contributed by atoms with van der Waals surface area (Å²) in [4.78, 5) is 2.63. The van der Waals surface area contributed by atoms with E-state index in [1.165, 1.54) is 9.75 Å². The summed E-state index contributed by atoms with van der Waals surface area (Å²) in [6, 6.07) is 7.82. The molecule has 2 aromatic rings. The third-order valence-electron chi connectivity index (χ3n) is 3.61. The molecule has 3 N–H and O–H groups in total. The van der Waals surface area contributed by atoms with E-state index in [0.29, 0.717) is 0 Å². The Labute approximate surface area is 116 Å². The molecule has 0 radical (unpaired) electrons. The highest BCUT2D eigenvalue weighted by Crippen LogP contribution is 2.38. The fraction of sp³-hybridized carbons (Fsp3) is 0.333. The van der Waals surface area contributed by atoms with Crippen molar-refractivity contribution in [1.29, 1.82) is 0 Å². The molecule has 1 aliphatic rings. The molecular formula is C15H17NO2S. The van der Waals surface area contributed by atoms with E-state index in [2.05, 4.69) is 24.4 Å². The van der Waals surface area contributed by atoms with Gasteiger partial charge in [0.15, 0.2) is 11.5 Å².